The second-order valence-electron chi connectivity index (χ2n) is 7.08. The highest BCUT2D eigenvalue weighted by molar-refractivity contribution is 5.96. The van der Waals surface area contributed by atoms with Crippen LogP contribution in [0, 0.1) is 11.3 Å². The van der Waals surface area contributed by atoms with Gasteiger partial charge in [-0.3, -0.25) is 4.79 Å². The maximum Gasteiger partial charge on any atom is 0.230 e. The first-order chi connectivity index (χ1) is 10.1. The van der Waals surface area contributed by atoms with Crippen molar-refractivity contribution < 1.29 is 4.79 Å². The summed E-state index contributed by atoms with van der Waals surface area (Å²) in [6, 6.07) is 8.31. The van der Waals surface area contributed by atoms with Crippen LogP contribution >= 0.6 is 0 Å². The molecule has 0 aromatic heterocycles. The molecule has 2 aliphatic rings. The Kier molecular flexibility index (Phi) is 4.03. The zero-order valence-corrected chi connectivity index (χ0v) is 13.2. The van der Waals surface area contributed by atoms with E-state index in [4.69, 9.17) is 0 Å². The monoisotopic (exact) mass is 286 g/mol. The number of para-hydroxylation sites is 1. The largest absolute Gasteiger partial charge is 0.311 e. The van der Waals surface area contributed by atoms with Crippen LogP contribution in [0.15, 0.2) is 24.3 Å². The molecule has 3 nitrogen and oxygen atoms in total. The molecule has 1 atom stereocenters. The van der Waals surface area contributed by atoms with Crippen LogP contribution in [0.4, 0.5) is 5.69 Å². The number of hydrogen-bond donors (Lipinski definition) is 1. The third kappa shape index (κ3) is 2.84. The molecule has 1 heterocycles. The van der Waals surface area contributed by atoms with E-state index in [0.717, 1.165) is 38.2 Å². The van der Waals surface area contributed by atoms with Crippen molar-refractivity contribution in [2.75, 3.05) is 18.0 Å². The molecule has 1 amide bonds. The fourth-order valence-electron chi connectivity index (χ4n) is 3.83. The first-order valence-corrected chi connectivity index (χ1v) is 8.19. The number of rotatable bonds is 1. The first-order valence-electron chi connectivity index (χ1n) is 8.19. The van der Waals surface area contributed by atoms with Gasteiger partial charge in [0.15, 0.2) is 0 Å². The predicted molar refractivity (Wildman–Crippen MR) is 86.2 cm³/mol. The van der Waals surface area contributed by atoms with E-state index in [0.29, 0.717) is 5.91 Å². The summed E-state index contributed by atoms with van der Waals surface area (Å²) in [6.07, 6.45) is 4.65. The molecule has 1 aliphatic heterocycles. The number of carbonyl (C=O) groups is 1. The van der Waals surface area contributed by atoms with E-state index in [1.54, 1.807) is 0 Å². The Hall–Kier alpha value is -1.35. The number of anilines is 1. The number of amides is 1. The Morgan fingerprint density at radius 2 is 2.10 bits per heavy atom. The molecular formula is C18H26N2O. The number of hydrogen-bond acceptors (Lipinski definition) is 2. The third-order valence-corrected chi connectivity index (χ3v) is 5.18. The van der Waals surface area contributed by atoms with Gasteiger partial charge in [-0.25, -0.2) is 0 Å². The van der Waals surface area contributed by atoms with Gasteiger partial charge in [-0.05, 0) is 29.9 Å². The van der Waals surface area contributed by atoms with Crippen molar-refractivity contribution in [2.45, 2.75) is 46.1 Å². The zero-order valence-electron chi connectivity index (χ0n) is 13.2. The number of benzene rings is 1. The molecule has 3 rings (SSSR count). The highest BCUT2D eigenvalue weighted by atomic mass is 16.2. The van der Waals surface area contributed by atoms with E-state index < -0.39 is 0 Å². The normalized spacial score (nSPS) is 25.0. The second-order valence-corrected chi connectivity index (χ2v) is 7.08. The van der Waals surface area contributed by atoms with Crippen LogP contribution in [-0.2, 0) is 11.3 Å². The predicted octanol–water partition coefficient (Wildman–Crippen LogP) is 3.34. The SMILES string of the molecule is CC1(C)CCCCC1C(=O)N1CCNCc2ccccc21. The van der Waals surface area contributed by atoms with E-state index in [-0.39, 0.29) is 11.3 Å². The maximum absolute atomic E-state index is 13.2. The average Bonchev–Trinajstić information content (AvgIpc) is 2.68. The quantitative estimate of drug-likeness (QED) is 0.858. The van der Waals surface area contributed by atoms with E-state index in [1.807, 2.05) is 11.0 Å². The lowest BCUT2D eigenvalue weighted by molar-refractivity contribution is -0.127. The Morgan fingerprint density at radius 1 is 1.29 bits per heavy atom. The van der Waals surface area contributed by atoms with Crippen LogP contribution in [0.3, 0.4) is 0 Å². The van der Waals surface area contributed by atoms with Crippen molar-refractivity contribution in [3.05, 3.63) is 29.8 Å². The summed E-state index contributed by atoms with van der Waals surface area (Å²) in [6.45, 7) is 7.03. The molecule has 0 spiro atoms. The Balaban J connectivity index is 1.90. The number of carbonyl (C=O) groups excluding carboxylic acids is 1. The molecule has 0 bridgehead atoms. The lowest BCUT2D eigenvalue weighted by Crippen LogP contribution is -2.45. The van der Waals surface area contributed by atoms with Crippen LogP contribution in [0.25, 0.3) is 0 Å². The molecule has 1 fully saturated rings. The van der Waals surface area contributed by atoms with Gasteiger partial charge in [-0.15, -0.1) is 0 Å². The highest BCUT2D eigenvalue weighted by Gasteiger charge is 2.39. The minimum atomic E-state index is 0.129. The van der Waals surface area contributed by atoms with E-state index in [2.05, 4.69) is 37.4 Å². The minimum Gasteiger partial charge on any atom is -0.311 e. The Morgan fingerprint density at radius 3 is 2.90 bits per heavy atom. The molecule has 114 valence electrons. The standard InChI is InChI=1S/C18H26N2O/c1-18(2)10-6-5-8-15(18)17(21)20-12-11-19-13-14-7-3-4-9-16(14)20/h3-4,7,9,15,19H,5-6,8,10-13H2,1-2H3. The summed E-state index contributed by atoms with van der Waals surface area (Å²) in [5, 5.41) is 3.42. The fraction of sp³-hybridized carbons (Fsp3) is 0.611. The van der Waals surface area contributed by atoms with Gasteiger partial charge in [0.2, 0.25) is 5.91 Å². The van der Waals surface area contributed by atoms with Gasteiger partial charge in [0.1, 0.15) is 0 Å². The molecule has 1 unspecified atom stereocenters. The first kappa shape index (κ1) is 14.6. The van der Waals surface area contributed by atoms with Gasteiger partial charge in [-0.1, -0.05) is 44.9 Å². The van der Waals surface area contributed by atoms with Crippen LogP contribution in [-0.4, -0.2) is 19.0 Å². The van der Waals surface area contributed by atoms with Crippen LogP contribution in [0.1, 0.15) is 45.1 Å². The number of nitrogens with zero attached hydrogens (tertiary/aromatic N) is 1. The molecule has 1 saturated carbocycles. The summed E-state index contributed by atoms with van der Waals surface area (Å²) in [4.78, 5) is 15.2. The summed E-state index contributed by atoms with van der Waals surface area (Å²) in [7, 11) is 0. The van der Waals surface area contributed by atoms with Crippen molar-refractivity contribution in [3.63, 3.8) is 0 Å². The molecular weight excluding hydrogens is 260 g/mol. The highest BCUT2D eigenvalue weighted by Crippen LogP contribution is 2.42. The van der Waals surface area contributed by atoms with Crippen molar-refractivity contribution in [3.8, 4) is 0 Å². The molecule has 0 radical (unpaired) electrons. The number of fused-ring (bicyclic) bond motifs is 1. The van der Waals surface area contributed by atoms with E-state index in [1.165, 1.54) is 18.4 Å². The van der Waals surface area contributed by atoms with Crippen LogP contribution in [0.2, 0.25) is 0 Å². The van der Waals surface area contributed by atoms with Crippen molar-refractivity contribution >= 4 is 11.6 Å². The lowest BCUT2D eigenvalue weighted by Gasteiger charge is -2.40. The second kappa shape index (κ2) is 5.80. The molecule has 1 N–H and O–H groups in total. The van der Waals surface area contributed by atoms with E-state index in [9.17, 15) is 4.79 Å². The molecule has 0 saturated heterocycles. The smallest absolute Gasteiger partial charge is 0.230 e. The van der Waals surface area contributed by atoms with Crippen LogP contribution < -0.4 is 10.2 Å². The average molecular weight is 286 g/mol. The summed E-state index contributed by atoms with van der Waals surface area (Å²) >= 11 is 0. The lowest BCUT2D eigenvalue weighted by atomic mass is 9.68. The molecule has 1 aromatic rings. The molecule has 1 aromatic carbocycles. The minimum absolute atomic E-state index is 0.129. The van der Waals surface area contributed by atoms with E-state index >= 15 is 0 Å². The van der Waals surface area contributed by atoms with Gasteiger partial charge in [0.05, 0.1) is 0 Å². The van der Waals surface area contributed by atoms with Gasteiger partial charge in [-0.2, -0.15) is 0 Å². The number of nitrogens with one attached hydrogen (secondary N) is 1. The topological polar surface area (TPSA) is 32.3 Å². The zero-order chi connectivity index (χ0) is 14.9. The molecule has 1 aliphatic carbocycles. The maximum atomic E-state index is 13.2. The van der Waals surface area contributed by atoms with Gasteiger partial charge in [0, 0.05) is 31.2 Å². The Bertz CT molecular complexity index is 524. The van der Waals surface area contributed by atoms with Gasteiger partial charge in [0.25, 0.3) is 0 Å². The van der Waals surface area contributed by atoms with Crippen LogP contribution in [0.5, 0.6) is 0 Å². The fourth-order valence-corrected chi connectivity index (χ4v) is 3.83. The van der Waals surface area contributed by atoms with Gasteiger partial charge >= 0.3 is 0 Å². The third-order valence-electron chi connectivity index (χ3n) is 5.18. The van der Waals surface area contributed by atoms with Crippen molar-refractivity contribution in [2.24, 2.45) is 11.3 Å². The van der Waals surface area contributed by atoms with Gasteiger partial charge < -0.3 is 10.2 Å². The summed E-state index contributed by atoms with van der Waals surface area (Å²) < 4.78 is 0. The molecule has 3 heteroatoms. The van der Waals surface area contributed by atoms with Crippen molar-refractivity contribution in [1.29, 1.82) is 0 Å². The van der Waals surface area contributed by atoms with Crippen molar-refractivity contribution in [1.82, 2.24) is 5.32 Å². The summed E-state index contributed by atoms with van der Waals surface area (Å²) in [5.74, 6) is 0.494. The summed E-state index contributed by atoms with van der Waals surface area (Å²) in [5.41, 5.74) is 2.47. The molecule has 21 heavy (non-hydrogen) atoms. The Labute approximate surface area is 127 Å².